The predicted octanol–water partition coefficient (Wildman–Crippen LogP) is 3.47. The summed E-state index contributed by atoms with van der Waals surface area (Å²) in [6, 6.07) is 24.2. The lowest BCUT2D eigenvalue weighted by molar-refractivity contribution is -0.138. The molecule has 5 heteroatoms. The third-order valence-corrected chi connectivity index (χ3v) is 6.22. The number of rotatable bonds is 4. The van der Waals surface area contributed by atoms with Gasteiger partial charge < -0.3 is 14.4 Å². The van der Waals surface area contributed by atoms with Crippen molar-refractivity contribution < 1.29 is 9.59 Å². The standard InChI is InChI=1S/C25H25N3O2/c29-23-16-21(18-27(23)17-19-8-3-1-4-9-19)25(30)28-15-14-26-13-7-12-22(26)24(28)20-10-5-2-6-11-20/h1-13,21,24H,14-18H2. The summed E-state index contributed by atoms with van der Waals surface area (Å²) in [4.78, 5) is 30.0. The lowest BCUT2D eigenvalue weighted by atomic mass is 9.97. The molecule has 2 atom stereocenters. The first-order valence-corrected chi connectivity index (χ1v) is 10.5. The van der Waals surface area contributed by atoms with Crippen molar-refractivity contribution in [3.8, 4) is 0 Å². The van der Waals surface area contributed by atoms with Crippen LogP contribution >= 0.6 is 0 Å². The van der Waals surface area contributed by atoms with E-state index in [1.807, 2.05) is 64.4 Å². The minimum Gasteiger partial charge on any atom is -0.348 e. The van der Waals surface area contributed by atoms with Gasteiger partial charge in [-0.05, 0) is 23.3 Å². The van der Waals surface area contributed by atoms with Crippen molar-refractivity contribution in [2.75, 3.05) is 13.1 Å². The zero-order valence-corrected chi connectivity index (χ0v) is 16.9. The van der Waals surface area contributed by atoms with E-state index in [9.17, 15) is 9.59 Å². The van der Waals surface area contributed by atoms with Gasteiger partial charge in [-0.25, -0.2) is 0 Å². The number of likely N-dealkylation sites (tertiary alicyclic amines) is 1. The Morgan fingerprint density at radius 3 is 2.40 bits per heavy atom. The molecule has 152 valence electrons. The van der Waals surface area contributed by atoms with Crippen molar-refractivity contribution in [2.24, 2.45) is 5.92 Å². The summed E-state index contributed by atoms with van der Waals surface area (Å²) in [7, 11) is 0. The fraction of sp³-hybridized carbons (Fsp3) is 0.280. The van der Waals surface area contributed by atoms with Crippen molar-refractivity contribution in [1.29, 1.82) is 0 Å². The van der Waals surface area contributed by atoms with E-state index in [2.05, 4.69) is 29.0 Å². The van der Waals surface area contributed by atoms with Gasteiger partial charge in [0.15, 0.2) is 0 Å². The Morgan fingerprint density at radius 1 is 0.900 bits per heavy atom. The van der Waals surface area contributed by atoms with Crippen LogP contribution in [0.15, 0.2) is 79.0 Å². The largest absolute Gasteiger partial charge is 0.348 e. The molecule has 0 aliphatic carbocycles. The third kappa shape index (κ3) is 3.41. The van der Waals surface area contributed by atoms with Crippen LogP contribution in [0, 0.1) is 5.92 Å². The molecule has 3 aromatic rings. The lowest BCUT2D eigenvalue weighted by Gasteiger charge is -2.38. The number of hydrogen-bond acceptors (Lipinski definition) is 2. The van der Waals surface area contributed by atoms with Crippen molar-refractivity contribution in [2.45, 2.75) is 25.6 Å². The summed E-state index contributed by atoms with van der Waals surface area (Å²) >= 11 is 0. The maximum atomic E-state index is 13.6. The van der Waals surface area contributed by atoms with E-state index in [-0.39, 0.29) is 23.8 Å². The molecule has 2 aliphatic heterocycles. The van der Waals surface area contributed by atoms with E-state index in [4.69, 9.17) is 0 Å². The van der Waals surface area contributed by atoms with Crippen LogP contribution in [0.3, 0.4) is 0 Å². The number of hydrogen-bond donors (Lipinski definition) is 0. The van der Waals surface area contributed by atoms with Gasteiger partial charge >= 0.3 is 0 Å². The van der Waals surface area contributed by atoms with E-state index < -0.39 is 0 Å². The zero-order valence-electron chi connectivity index (χ0n) is 16.9. The molecule has 2 aliphatic rings. The maximum absolute atomic E-state index is 13.6. The second-order valence-corrected chi connectivity index (χ2v) is 8.13. The molecule has 1 fully saturated rings. The van der Waals surface area contributed by atoms with Crippen LogP contribution in [0.2, 0.25) is 0 Å². The van der Waals surface area contributed by atoms with E-state index >= 15 is 0 Å². The van der Waals surface area contributed by atoms with Gasteiger partial charge in [0.1, 0.15) is 0 Å². The van der Waals surface area contributed by atoms with Gasteiger partial charge in [0.05, 0.1) is 12.0 Å². The molecule has 5 rings (SSSR count). The molecule has 5 nitrogen and oxygen atoms in total. The maximum Gasteiger partial charge on any atom is 0.228 e. The molecule has 2 aromatic carbocycles. The van der Waals surface area contributed by atoms with Crippen LogP contribution < -0.4 is 0 Å². The van der Waals surface area contributed by atoms with E-state index in [0.29, 0.717) is 26.1 Å². The molecule has 0 radical (unpaired) electrons. The Kier molecular flexibility index (Phi) is 4.87. The Balaban J connectivity index is 1.38. The van der Waals surface area contributed by atoms with Crippen molar-refractivity contribution in [3.05, 3.63) is 95.8 Å². The van der Waals surface area contributed by atoms with E-state index in [1.165, 1.54) is 0 Å². The highest BCUT2D eigenvalue weighted by Gasteiger charge is 2.40. The molecular formula is C25H25N3O2. The first-order valence-electron chi connectivity index (χ1n) is 10.5. The number of amides is 2. The van der Waals surface area contributed by atoms with Crippen LogP contribution in [-0.4, -0.2) is 39.3 Å². The quantitative estimate of drug-likeness (QED) is 0.674. The number of fused-ring (bicyclic) bond motifs is 1. The highest BCUT2D eigenvalue weighted by Crippen LogP contribution is 2.35. The highest BCUT2D eigenvalue weighted by atomic mass is 16.2. The number of nitrogens with zero attached hydrogens (tertiary/aromatic N) is 3. The average Bonchev–Trinajstić information content (AvgIpc) is 3.40. The SMILES string of the molecule is O=C1CC(C(=O)N2CCn3cccc3C2c2ccccc2)CN1Cc1ccccc1. The molecule has 2 unspecified atom stereocenters. The van der Waals surface area contributed by atoms with Crippen LogP contribution in [0.25, 0.3) is 0 Å². The van der Waals surface area contributed by atoms with E-state index in [1.54, 1.807) is 0 Å². The fourth-order valence-corrected chi connectivity index (χ4v) is 4.74. The topological polar surface area (TPSA) is 45.6 Å². The average molecular weight is 399 g/mol. The van der Waals surface area contributed by atoms with Gasteiger partial charge in [-0.15, -0.1) is 0 Å². The molecule has 0 saturated carbocycles. The first-order chi connectivity index (χ1) is 14.7. The van der Waals surface area contributed by atoms with Gasteiger partial charge in [-0.2, -0.15) is 0 Å². The molecule has 0 N–H and O–H groups in total. The van der Waals surface area contributed by atoms with Crippen LogP contribution in [0.5, 0.6) is 0 Å². The second-order valence-electron chi connectivity index (χ2n) is 8.13. The predicted molar refractivity (Wildman–Crippen MR) is 114 cm³/mol. The van der Waals surface area contributed by atoms with Crippen molar-refractivity contribution in [1.82, 2.24) is 14.4 Å². The highest BCUT2D eigenvalue weighted by molar-refractivity contribution is 5.89. The Morgan fingerprint density at radius 2 is 1.63 bits per heavy atom. The molecule has 1 aromatic heterocycles. The summed E-state index contributed by atoms with van der Waals surface area (Å²) in [5.41, 5.74) is 3.33. The summed E-state index contributed by atoms with van der Waals surface area (Å²) in [6.45, 7) is 2.50. The lowest BCUT2D eigenvalue weighted by Crippen LogP contribution is -2.45. The van der Waals surface area contributed by atoms with Crippen molar-refractivity contribution >= 4 is 11.8 Å². The number of aromatic nitrogens is 1. The second kappa shape index (κ2) is 7.82. The molecule has 0 bridgehead atoms. The third-order valence-electron chi connectivity index (χ3n) is 6.22. The number of carbonyl (C=O) groups is 2. The number of carbonyl (C=O) groups excluding carboxylic acids is 2. The van der Waals surface area contributed by atoms with Crippen LogP contribution in [0.1, 0.15) is 29.3 Å². The molecule has 3 heterocycles. The van der Waals surface area contributed by atoms with Gasteiger partial charge in [0.25, 0.3) is 0 Å². The van der Waals surface area contributed by atoms with Gasteiger partial charge in [-0.1, -0.05) is 60.7 Å². The Bertz CT molecular complexity index is 1040. The van der Waals surface area contributed by atoms with Crippen LogP contribution in [0.4, 0.5) is 0 Å². The summed E-state index contributed by atoms with van der Waals surface area (Å²) < 4.78 is 2.23. The monoisotopic (exact) mass is 399 g/mol. The minimum absolute atomic E-state index is 0.0637. The molecule has 1 saturated heterocycles. The van der Waals surface area contributed by atoms with Gasteiger partial charge in [0.2, 0.25) is 11.8 Å². The van der Waals surface area contributed by atoms with Crippen molar-refractivity contribution in [3.63, 3.8) is 0 Å². The molecule has 30 heavy (non-hydrogen) atoms. The van der Waals surface area contributed by atoms with Gasteiger partial charge in [0, 0.05) is 44.5 Å². The first kappa shape index (κ1) is 18.7. The molecule has 0 spiro atoms. The summed E-state index contributed by atoms with van der Waals surface area (Å²) in [5.74, 6) is -0.136. The molecular weight excluding hydrogens is 374 g/mol. The Labute approximate surface area is 176 Å². The van der Waals surface area contributed by atoms with Gasteiger partial charge in [-0.3, -0.25) is 9.59 Å². The minimum atomic E-state index is -0.283. The Hall–Kier alpha value is -3.34. The zero-order chi connectivity index (χ0) is 20.5. The smallest absolute Gasteiger partial charge is 0.228 e. The normalized spacial score (nSPS) is 21.0. The van der Waals surface area contributed by atoms with E-state index in [0.717, 1.165) is 23.4 Å². The fourth-order valence-electron chi connectivity index (χ4n) is 4.74. The summed E-state index contributed by atoms with van der Waals surface area (Å²) in [6.07, 6.45) is 2.37. The van der Waals surface area contributed by atoms with Crippen LogP contribution in [-0.2, 0) is 22.7 Å². The molecule has 2 amide bonds. The summed E-state index contributed by atoms with van der Waals surface area (Å²) in [5, 5.41) is 0. The number of benzene rings is 2.